The largest absolute Gasteiger partial charge is 0.481 e. The number of aliphatic carboxylic acids is 1. The summed E-state index contributed by atoms with van der Waals surface area (Å²) in [6.07, 6.45) is -0.226. The topological polar surface area (TPSA) is 49.8 Å². The molecule has 1 aromatic carbocycles. The molecule has 6 heteroatoms. The number of ether oxygens (including phenoxy) is 1. The highest BCUT2D eigenvalue weighted by Gasteiger charge is 2.37. The molecular formula is C14H17F2NO3. The van der Waals surface area contributed by atoms with Crippen molar-refractivity contribution in [2.24, 2.45) is 0 Å². The number of nitrogens with zero attached hydrogens (tertiary/aromatic N) is 1. The molecule has 1 aromatic rings. The van der Waals surface area contributed by atoms with Crippen molar-refractivity contribution in [2.75, 3.05) is 26.3 Å². The fourth-order valence-corrected chi connectivity index (χ4v) is 2.61. The van der Waals surface area contributed by atoms with E-state index < -0.39 is 23.1 Å². The van der Waals surface area contributed by atoms with Crippen molar-refractivity contribution >= 4 is 5.97 Å². The van der Waals surface area contributed by atoms with E-state index >= 15 is 0 Å². The molecule has 0 radical (unpaired) electrons. The van der Waals surface area contributed by atoms with Gasteiger partial charge < -0.3 is 9.84 Å². The number of carboxylic acid groups (broad SMARTS) is 1. The zero-order chi connectivity index (χ0) is 14.8. The van der Waals surface area contributed by atoms with Gasteiger partial charge in [0.05, 0.1) is 25.2 Å². The predicted octanol–water partition coefficient (Wildman–Crippen LogP) is 1.99. The van der Waals surface area contributed by atoms with Gasteiger partial charge in [-0.1, -0.05) is 0 Å². The van der Waals surface area contributed by atoms with Crippen molar-refractivity contribution in [3.63, 3.8) is 0 Å². The third kappa shape index (κ3) is 3.13. The van der Waals surface area contributed by atoms with Crippen LogP contribution >= 0.6 is 0 Å². The summed E-state index contributed by atoms with van der Waals surface area (Å²) >= 11 is 0. The first-order valence-corrected chi connectivity index (χ1v) is 6.43. The third-order valence-electron chi connectivity index (χ3n) is 3.69. The van der Waals surface area contributed by atoms with E-state index in [1.807, 2.05) is 4.90 Å². The van der Waals surface area contributed by atoms with Crippen LogP contribution in [0.1, 0.15) is 18.9 Å². The lowest BCUT2D eigenvalue weighted by Gasteiger charge is -2.43. The van der Waals surface area contributed by atoms with E-state index in [0.717, 1.165) is 6.07 Å². The first-order chi connectivity index (χ1) is 9.41. The minimum Gasteiger partial charge on any atom is -0.481 e. The van der Waals surface area contributed by atoms with Crippen molar-refractivity contribution < 1.29 is 23.4 Å². The summed E-state index contributed by atoms with van der Waals surface area (Å²) in [7, 11) is 0. The molecule has 110 valence electrons. The normalized spacial score (nSPS) is 19.6. The molecule has 1 fully saturated rings. The maximum absolute atomic E-state index is 13.4. The van der Waals surface area contributed by atoms with Crippen LogP contribution < -0.4 is 0 Å². The van der Waals surface area contributed by atoms with Crippen molar-refractivity contribution in [1.29, 1.82) is 0 Å². The summed E-state index contributed by atoms with van der Waals surface area (Å²) in [5.41, 5.74) is -0.627. The van der Waals surface area contributed by atoms with Gasteiger partial charge >= 0.3 is 5.97 Å². The molecule has 0 saturated carbocycles. The number of hydrogen-bond donors (Lipinski definition) is 1. The molecule has 1 aliphatic heterocycles. The number of hydrogen-bond acceptors (Lipinski definition) is 3. The monoisotopic (exact) mass is 285 g/mol. The van der Waals surface area contributed by atoms with Crippen LogP contribution in [-0.4, -0.2) is 42.3 Å². The molecule has 0 spiro atoms. The first kappa shape index (κ1) is 14.9. The van der Waals surface area contributed by atoms with Crippen LogP contribution in [0.25, 0.3) is 0 Å². The molecule has 1 aliphatic rings. The van der Waals surface area contributed by atoms with Crippen molar-refractivity contribution in [1.82, 2.24) is 4.90 Å². The quantitative estimate of drug-likeness (QED) is 0.919. The second-order valence-electron chi connectivity index (χ2n) is 5.10. The summed E-state index contributed by atoms with van der Waals surface area (Å²) in [5, 5.41) is 9.13. The van der Waals surface area contributed by atoms with Gasteiger partial charge in [0.15, 0.2) is 0 Å². The zero-order valence-corrected chi connectivity index (χ0v) is 11.2. The molecule has 0 bridgehead atoms. The van der Waals surface area contributed by atoms with E-state index in [9.17, 15) is 13.6 Å². The predicted molar refractivity (Wildman–Crippen MR) is 68.4 cm³/mol. The SMILES string of the molecule is CC(CC(=O)O)(c1cc(F)cc(F)c1)N1CCOCC1. The number of carboxylic acids is 1. The number of rotatable bonds is 4. The summed E-state index contributed by atoms with van der Waals surface area (Å²) < 4.78 is 32.1. The van der Waals surface area contributed by atoms with Crippen LogP contribution in [0.3, 0.4) is 0 Å². The fourth-order valence-electron chi connectivity index (χ4n) is 2.61. The van der Waals surface area contributed by atoms with Gasteiger partial charge in [0.2, 0.25) is 0 Å². The van der Waals surface area contributed by atoms with Crippen LogP contribution in [0.4, 0.5) is 8.78 Å². The van der Waals surface area contributed by atoms with E-state index in [2.05, 4.69) is 0 Å². The molecule has 1 heterocycles. The minimum absolute atomic E-state index is 0.226. The highest BCUT2D eigenvalue weighted by Crippen LogP contribution is 2.33. The maximum atomic E-state index is 13.4. The number of carbonyl (C=O) groups is 1. The summed E-state index contributed by atoms with van der Waals surface area (Å²) in [6, 6.07) is 3.17. The van der Waals surface area contributed by atoms with Gasteiger partial charge in [0.25, 0.3) is 0 Å². The first-order valence-electron chi connectivity index (χ1n) is 6.43. The average molecular weight is 285 g/mol. The summed E-state index contributed by atoms with van der Waals surface area (Å²) in [6.45, 7) is 3.71. The van der Waals surface area contributed by atoms with Gasteiger partial charge in [-0.05, 0) is 24.6 Å². The van der Waals surface area contributed by atoms with Crippen molar-refractivity contribution in [3.05, 3.63) is 35.4 Å². The molecular weight excluding hydrogens is 268 g/mol. The Labute approximate surface area is 116 Å². The Morgan fingerprint density at radius 3 is 2.35 bits per heavy atom. The zero-order valence-electron chi connectivity index (χ0n) is 11.2. The number of halogens is 2. The Hall–Kier alpha value is -1.53. The molecule has 0 amide bonds. The average Bonchev–Trinajstić information content (AvgIpc) is 2.37. The smallest absolute Gasteiger partial charge is 0.305 e. The van der Waals surface area contributed by atoms with Gasteiger partial charge in [0.1, 0.15) is 11.6 Å². The van der Waals surface area contributed by atoms with Gasteiger partial charge in [-0.2, -0.15) is 0 Å². The van der Waals surface area contributed by atoms with E-state index in [4.69, 9.17) is 9.84 Å². The molecule has 0 aromatic heterocycles. The lowest BCUT2D eigenvalue weighted by Crippen LogP contribution is -2.50. The van der Waals surface area contributed by atoms with E-state index in [0.29, 0.717) is 31.9 Å². The fraction of sp³-hybridized carbons (Fsp3) is 0.500. The summed E-state index contributed by atoms with van der Waals surface area (Å²) in [5.74, 6) is -2.42. The van der Waals surface area contributed by atoms with Crippen LogP contribution in [0.15, 0.2) is 18.2 Å². The lowest BCUT2D eigenvalue weighted by atomic mass is 9.86. The Kier molecular flexibility index (Phi) is 4.35. The third-order valence-corrected chi connectivity index (χ3v) is 3.69. The van der Waals surface area contributed by atoms with Crippen molar-refractivity contribution in [2.45, 2.75) is 18.9 Å². The molecule has 1 unspecified atom stereocenters. The highest BCUT2D eigenvalue weighted by atomic mass is 19.1. The van der Waals surface area contributed by atoms with Crippen LogP contribution in [0.5, 0.6) is 0 Å². The molecule has 0 aliphatic carbocycles. The lowest BCUT2D eigenvalue weighted by molar-refractivity contribution is -0.141. The Bertz CT molecular complexity index is 483. The van der Waals surface area contributed by atoms with E-state index in [1.54, 1.807) is 6.92 Å². The van der Waals surface area contributed by atoms with Crippen LogP contribution in [-0.2, 0) is 15.1 Å². The van der Waals surface area contributed by atoms with Gasteiger partial charge in [0, 0.05) is 19.2 Å². The molecule has 1 atom stereocenters. The maximum Gasteiger partial charge on any atom is 0.305 e. The van der Waals surface area contributed by atoms with Gasteiger partial charge in [-0.25, -0.2) is 8.78 Å². The van der Waals surface area contributed by atoms with E-state index in [-0.39, 0.29) is 6.42 Å². The molecule has 1 N–H and O–H groups in total. The molecule has 1 saturated heterocycles. The number of benzene rings is 1. The Balaban J connectivity index is 2.41. The minimum atomic E-state index is -1.01. The van der Waals surface area contributed by atoms with E-state index in [1.165, 1.54) is 12.1 Å². The van der Waals surface area contributed by atoms with Gasteiger partial charge in [-0.3, -0.25) is 9.69 Å². The number of morpholine rings is 1. The Morgan fingerprint density at radius 2 is 1.85 bits per heavy atom. The molecule has 4 nitrogen and oxygen atoms in total. The second kappa shape index (κ2) is 5.85. The van der Waals surface area contributed by atoms with Crippen LogP contribution in [0.2, 0.25) is 0 Å². The van der Waals surface area contributed by atoms with Crippen LogP contribution in [0, 0.1) is 11.6 Å². The second-order valence-corrected chi connectivity index (χ2v) is 5.10. The molecule has 2 rings (SSSR count). The standard InChI is InChI=1S/C14H17F2NO3/c1-14(9-13(18)19,17-2-4-20-5-3-17)10-6-11(15)8-12(16)7-10/h6-8H,2-5,9H2,1H3,(H,18,19). The Morgan fingerprint density at radius 1 is 1.30 bits per heavy atom. The van der Waals surface area contributed by atoms with Gasteiger partial charge in [-0.15, -0.1) is 0 Å². The van der Waals surface area contributed by atoms with Crippen molar-refractivity contribution in [3.8, 4) is 0 Å². The molecule has 20 heavy (non-hydrogen) atoms. The highest BCUT2D eigenvalue weighted by molar-refractivity contribution is 5.69. The summed E-state index contributed by atoms with van der Waals surface area (Å²) in [4.78, 5) is 13.1.